The Morgan fingerprint density at radius 1 is 0.682 bits per heavy atom. The molecule has 0 aliphatic carbocycles. The van der Waals surface area contributed by atoms with Gasteiger partial charge in [-0.1, -0.05) is 47.7 Å². The van der Waals surface area contributed by atoms with Gasteiger partial charge in [-0.05, 0) is 41.1 Å². The molecular formula is C18H13NO2S. The number of hydrogen-bond acceptors (Lipinski definition) is 3. The molecule has 0 spiro atoms. The molecule has 108 valence electrons. The van der Waals surface area contributed by atoms with Gasteiger partial charge in [0.1, 0.15) is 0 Å². The molecule has 4 heteroatoms. The van der Waals surface area contributed by atoms with Crippen molar-refractivity contribution in [2.75, 3.05) is 0 Å². The summed E-state index contributed by atoms with van der Waals surface area (Å²) in [5.41, 5.74) is 0.837. The number of fused-ring (bicyclic) bond motifs is 2. The standard InChI is InChI=1S/C9H7NO.C9H6OS/c11-9-6-5-7-3-1-2-4-8(7)10-9;10-9-6-5-7-3-1-2-4-8(7)11-9/h1-6H,(H,10,11);1-6H. The Hall–Kier alpha value is -2.72. The Morgan fingerprint density at radius 2 is 1.36 bits per heavy atom. The SMILES string of the molecule is O=c1ccc2ccccc2[nH]1.O=c1ccc2ccccc2s1. The minimum absolute atomic E-state index is 0.0521. The summed E-state index contributed by atoms with van der Waals surface area (Å²) in [4.78, 5) is 24.5. The molecule has 4 aromatic rings. The van der Waals surface area contributed by atoms with Crippen LogP contribution in [0.5, 0.6) is 0 Å². The fourth-order valence-electron chi connectivity index (χ4n) is 2.11. The maximum atomic E-state index is 10.9. The lowest BCUT2D eigenvalue weighted by molar-refractivity contribution is 1.31. The molecule has 2 aromatic carbocycles. The molecule has 0 bridgehead atoms. The molecule has 2 heterocycles. The highest BCUT2D eigenvalue weighted by Crippen LogP contribution is 2.13. The van der Waals surface area contributed by atoms with Gasteiger partial charge in [0, 0.05) is 16.3 Å². The number of aromatic amines is 1. The first kappa shape index (κ1) is 14.2. The van der Waals surface area contributed by atoms with E-state index in [0.29, 0.717) is 0 Å². The Labute approximate surface area is 130 Å². The maximum absolute atomic E-state index is 10.9. The third kappa shape index (κ3) is 3.30. The van der Waals surface area contributed by atoms with E-state index in [-0.39, 0.29) is 10.3 Å². The van der Waals surface area contributed by atoms with Crippen LogP contribution in [0.4, 0.5) is 0 Å². The molecule has 0 unspecified atom stereocenters. The van der Waals surface area contributed by atoms with Gasteiger partial charge in [0.2, 0.25) is 10.3 Å². The van der Waals surface area contributed by atoms with Crippen LogP contribution >= 0.6 is 11.3 Å². The monoisotopic (exact) mass is 307 g/mol. The molecule has 1 N–H and O–H groups in total. The van der Waals surface area contributed by atoms with Crippen molar-refractivity contribution >= 4 is 32.3 Å². The summed E-state index contributed by atoms with van der Waals surface area (Å²) in [7, 11) is 0. The van der Waals surface area contributed by atoms with E-state index in [2.05, 4.69) is 4.98 Å². The number of benzene rings is 2. The second-order valence-electron chi connectivity index (χ2n) is 4.70. The van der Waals surface area contributed by atoms with E-state index in [1.54, 1.807) is 6.07 Å². The van der Waals surface area contributed by atoms with E-state index in [9.17, 15) is 9.59 Å². The summed E-state index contributed by atoms with van der Waals surface area (Å²) in [6, 6.07) is 22.4. The Kier molecular flexibility index (Phi) is 4.12. The van der Waals surface area contributed by atoms with Crippen molar-refractivity contribution in [2.45, 2.75) is 0 Å². The van der Waals surface area contributed by atoms with Gasteiger partial charge in [-0.3, -0.25) is 9.59 Å². The van der Waals surface area contributed by atoms with Gasteiger partial charge in [-0.25, -0.2) is 0 Å². The molecule has 4 rings (SSSR count). The average molecular weight is 307 g/mol. The lowest BCUT2D eigenvalue weighted by atomic mass is 10.2. The third-order valence-corrected chi connectivity index (χ3v) is 4.09. The summed E-state index contributed by atoms with van der Waals surface area (Å²) in [6.45, 7) is 0. The van der Waals surface area contributed by atoms with Crippen LogP contribution in [0, 0.1) is 0 Å². The highest BCUT2D eigenvalue weighted by Gasteiger charge is 1.91. The molecular weight excluding hydrogens is 294 g/mol. The summed E-state index contributed by atoms with van der Waals surface area (Å²) < 4.78 is 1.17. The van der Waals surface area contributed by atoms with Gasteiger partial charge < -0.3 is 4.98 Å². The van der Waals surface area contributed by atoms with Crippen molar-refractivity contribution in [3.63, 3.8) is 0 Å². The van der Waals surface area contributed by atoms with Gasteiger partial charge in [0.25, 0.3) is 0 Å². The number of rotatable bonds is 0. The predicted molar refractivity (Wildman–Crippen MR) is 92.7 cm³/mol. The lowest BCUT2D eigenvalue weighted by Crippen LogP contribution is -2.01. The van der Waals surface area contributed by atoms with Crippen LogP contribution in [0.15, 0.2) is 82.4 Å². The average Bonchev–Trinajstić information content (AvgIpc) is 2.55. The van der Waals surface area contributed by atoms with E-state index < -0.39 is 0 Å². The minimum Gasteiger partial charge on any atom is -0.322 e. The highest BCUT2D eigenvalue weighted by atomic mass is 32.1. The van der Waals surface area contributed by atoms with Crippen LogP contribution in [0.2, 0.25) is 0 Å². The molecule has 0 fully saturated rings. The van der Waals surface area contributed by atoms with Crippen LogP contribution in [-0.4, -0.2) is 4.98 Å². The van der Waals surface area contributed by atoms with E-state index in [1.165, 1.54) is 17.4 Å². The fourth-order valence-corrected chi connectivity index (χ4v) is 2.86. The molecule has 0 aliphatic heterocycles. The number of para-hydroxylation sites is 1. The van der Waals surface area contributed by atoms with E-state index in [4.69, 9.17) is 0 Å². The first-order valence-corrected chi connectivity index (χ1v) is 7.61. The van der Waals surface area contributed by atoms with Crippen LogP contribution in [0.25, 0.3) is 21.0 Å². The zero-order valence-corrected chi connectivity index (χ0v) is 12.5. The molecule has 2 aromatic heterocycles. The van der Waals surface area contributed by atoms with Crippen LogP contribution in [0.3, 0.4) is 0 Å². The van der Waals surface area contributed by atoms with Crippen molar-refractivity contribution in [3.05, 3.63) is 92.7 Å². The Bertz CT molecular complexity index is 948. The number of H-pyrrole nitrogens is 1. The molecule has 3 nitrogen and oxygen atoms in total. The first-order chi connectivity index (χ1) is 10.7. The molecule has 0 aliphatic rings. The van der Waals surface area contributed by atoms with Crippen molar-refractivity contribution in [1.29, 1.82) is 0 Å². The smallest absolute Gasteiger partial charge is 0.248 e. The lowest BCUT2D eigenvalue weighted by Gasteiger charge is -1.93. The van der Waals surface area contributed by atoms with Gasteiger partial charge in [-0.2, -0.15) is 0 Å². The van der Waals surface area contributed by atoms with Crippen LogP contribution in [-0.2, 0) is 0 Å². The van der Waals surface area contributed by atoms with E-state index >= 15 is 0 Å². The third-order valence-electron chi connectivity index (χ3n) is 3.16. The molecule has 0 saturated heterocycles. The van der Waals surface area contributed by atoms with Crippen LogP contribution in [0.1, 0.15) is 0 Å². The summed E-state index contributed by atoms with van der Waals surface area (Å²) in [6.07, 6.45) is 0. The fraction of sp³-hybridized carbons (Fsp3) is 0. The highest BCUT2D eigenvalue weighted by molar-refractivity contribution is 7.16. The van der Waals surface area contributed by atoms with Crippen molar-refractivity contribution in [1.82, 2.24) is 4.98 Å². The second kappa shape index (κ2) is 6.37. The molecule has 0 amide bonds. The van der Waals surface area contributed by atoms with E-state index in [1.807, 2.05) is 60.7 Å². The topological polar surface area (TPSA) is 49.9 Å². The van der Waals surface area contributed by atoms with Gasteiger partial charge in [0.05, 0.1) is 0 Å². The number of aromatic nitrogens is 1. The summed E-state index contributed by atoms with van der Waals surface area (Å²) in [5, 5.41) is 2.20. The van der Waals surface area contributed by atoms with Crippen LogP contribution < -0.4 is 10.3 Å². The number of hydrogen-bond donors (Lipinski definition) is 1. The quantitative estimate of drug-likeness (QED) is 0.537. The Balaban J connectivity index is 0.000000131. The van der Waals surface area contributed by atoms with Gasteiger partial charge >= 0.3 is 0 Å². The number of pyridine rings is 1. The van der Waals surface area contributed by atoms with Crippen molar-refractivity contribution in [3.8, 4) is 0 Å². The predicted octanol–water partition coefficient (Wildman–Crippen LogP) is 3.79. The normalized spacial score (nSPS) is 10.2. The molecule has 0 atom stereocenters. The first-order valence-electron chi connectivity index (χ1n) is 6.79. The van der Waals surface area contributed by atoms with Gasteiger partial charge in [0.15, 0.2) is 0 Å². The zero-order valence-electron chi connectivity index (χ0n) is 11.7. The largest absolute Gasteiger partial charge is 0.322 e. The molecule has 22 heavy (non-hydrogen) atoms. The zero-order chi connectivity index (χ0) is 15.4. The Morgan fingerprint density at radius 3 is 2.23 bits per heavy atom. The van der Waals surface area contributed by atoms with E-state index in [0.717, 1.165) is 21.0 Å². The second-order valence-corrected chi connectivity index (χ2v) is 5.75. The summed E-state index contributed by atoms with van der Waals surface area (Å²) in [5.74, 6) is 0. The summed E-state index contributed by atoms with van der Waals surface area (Å²) >= 11 is 1.29. The molecule has 0 radical (unpaired) electrons. The van der Waals surface area contributed by atoms with Gasteiger partial charge in [-0.15, -0.1) is 0 Å². The molecule has 0 saturated carbocycles. The number of nitrogens with one attached hydrogen (secondary N) is 1. The minimum atomic E-state index is -0.0521. The maximum Gasteiger partial charge on any atom is 0.248 e. The van der Waals surface area contributed by atoms with Crippen molar-refractivity contribution < 1.29 is 0 Å². The van der Waals surface area contributed by atoms with Crippen molar-refractivity contribution in [2.24, 2.45) is 0 Å².